The summed E-state index contributed by atoms with van der Waals surface area (Å²) >= 11 is 6.30. The Hall–Kier alpha value is -1.67. The Kier molecular flexibility index (Phi) is 6.82. The van der Waals surface area contributed by atoms with Gasteiger partial charge in [-0.15, -0.1) is 0 Å². The van der Waals surface area contributed by atoms with Crippen molar-refractivity contribution in [2.45, 2.75) is 69.8 Å². The second-order valence-corrected chi connectivity index (χ2v) is 9.71. The minimum atomic E-state index is -4.54. The molecule has 0 saturated carbocycles. The van der Waals surface area contributed by atoms with Crippen LogP contribution < -0.4 is 4.90 Å². The Labute approximate surface area is 192 Å². The summed E-state index contributed by atoms with van der Waals surface area (Å²) in [5.74, 6) is 0. The normalized spacial score (nSPS) is 22.5. The van der Waals surface area contributed by atoms with Gasteiger partial charge in [-0.1, -0.05) is 17.7 Å². The van der Waals surface area contributed by atoms with E-state index in [0.717, 1.165) is 63.8 Å². The largest absolute Gasteiger partial charge is 0.437 e. The highest BCUT2D eigenvalue weighted by Gasteiger charge is 2.45. The number of likely N-dealkylation sites (tertiary alicyclic amines) is 2. The van der Waals surface area contributed by atoms with Gasteiger partial charge in [-0.3, -0.25) is 4.90 Å². The van der Waals surface area contributed by atoms with Crippen molar-refractivity contribution in [2.24, 2.45) is 0 Å². The van der Waals surface area contributed by atoms with Crippen molar-refractivity contribution in [3.63, 3.8) is 0 Å². The fraction of sp³-hybridized carbons (Fsp3) is 0.696. The summed E-state index contributed by atoms with van der Waals surface area (Å²) in [5, 5.41) is 0.742. The summed E-state index contributed by atoms with van der Waals surface area (Å²) in [6, 6.07) is 6.12. The average molecular weight is 474 g/mol. The van der Waals surface area contributed by atoms with Crippen LogP contribution in [0.4, 0.5) is 23.7 Å². The number of alkyl halides is 3. The molecule has 3 heterocycles. The predicted octanol–water partition coefficient (Wildman–Crippen LogP) is 5.46. The number of carbonyl (C=O) groups is 1. The van der Waals surface area contributed by atoms with Crippen molar-refractivity contribution in [3.8, 4) is 0 Å². The van der Waals surface area contributed by atoms with Gasteiger partial charge < -0.3 is 14.5 Å². The number of hydrogen-bond donors (Lipinski definition) is 0. The van der Waals surface area contributed by atoms with Crippen molar-refractivity contribution in [1.82, 2.24) is 9.80 Å². The minimum Gasteiger partial charge on any atom is -0.437 e. The van der Waals surface area contributed by atoms with E-state index >= 15 is 0 Å². The lowest BCUT2D eigenvalue weighted by Gasteiger charge is -2.45. The molecule has 1 amide bonds. The van der Waals surface area contributed by atoms with Crippen LogP contribution in [-0.2, 0) is 11.3 Å². The molecule has 0 aromatic heterocycles. The van der Waals surface area contributed by atoms with Gasteiger partial charge in [0.2, 0.25) is 0 Å². The summed E-state index contributed by atoms with van der Waals surface area (Å²) in [6.45, 7) is 5.60. The van der Waals surface area contributed by atoms with E-state index in [-0.39, 0.29) is 5.54 Å². The molecule has 1 spiro atoms. The van der Waals surface area contributed by atoms with Gasteiger partial charge in [-0.2, -0.15) is 13.2 Å². The molecular formula is C23H31ClF3N3O2. The molecule has 178 valence electrons. The van der Waals surface area contributed by atoms with Crippen LogP contribution >= 0.6 is 11.6 Å². The predicted molar refractivity (Wildman–Crippen MR) is 118 cm³/mol. The zero-order valence-corrected chi connectivity index (χ0v) is 19.2. The van der Waals surface area contributed by atoms with E-state index in [2.05, 4.69) is 26.7 Å². The van der Waals surface area contributed by atoms with Gasteiger partial charge in [-0.25, -0.2) is 4.79 Å². The second kappa shape index (κ2) is 9.29. The standard InChI is InChI=1S/C23H31ClF3N3O2/c1-17(23(25,26)27)32-21(31)29-13-8-22(9-14-29)7-4-12-30(22)16-18-5-6-19(24)15-20(18)28-10-2-3-11-28/h5-6,15,17H,2-4,7-14,16H2,1H3. The van der Waals surface area contributed by atoms with E-state index < -0.39 is 18.4 Å². The van der Waals surface area contributed by atoms with E-state index in [1.165, 1.54) is 29.0 Å². The highest BCUT2D eigenvalue weighted by molar-refractivity contribution is 6.30. The Balaban J connectivity index is 1.41. The quantitative estimate of drug-likeness (QED) is 0.582. The van der Waals surface area contributed by atoms with Gasteiger partial charge in [-0.05, 0) is 69.7 Å². The molecule has 0 bridgehead atoms. The maximum atomic E-state index is 12.7. The molecule has 32 heavy (non-hydrogen) atoms. The first-order valence-electron chi connectivity index (χ1n) is 11.5. The number of carbonyl (C=O) groups excluding carboxylic acids is 1. The van der Waals surface area contributed by atoms with Crippen molar-refractivity contribution in [1.29, 1.82) is 0 Å². The molecule has 0 N–H and O–H groups in total. The molecule has 4 rings (SSSR count). The highest BCUT2D eigenvalue weighted by Crippen LogP contribution is 2.41. The van der Waals surface area contributed by atoms with Crippen LogP contribution in [0.2, 0.25) is 5.02 Å². The maximum Gasteiger partial charge on any atom is 0.425 e. The molecule has 1 aromatic carbocycles. The van der Waals surface area contributed by atoms with Crippen LogP contribution in [-0.4, -0.2) is 66.4 Å². The number of anilines is 1. The number of nitrogens with zero attached hydrogens (tertiary/aromatic N) is 3. The van der Waals surface area contributed by atoms with Gasteiger partial charge in [0.15, 0.2) is 6.10 Å². The molecule has 3 aliphatic rings. The van der Waals surface area contributed by atoms with E-state index in [4.69, 9.17) is 11.6 Å². The number of hydrogen-bond acceptors (Lipinski definition) is 4. The third-order valence-electron chi connectivity index (χ3n) is 7.29. The lowest BCUT2D eigenvalue weighted by molar-refractivity contribution is -0.200. The Bertz CT molecular complexity index is 821. The number of piperidine rings is 1. The molecule has 3 saturated heterocycles. The zero-order chi connectivity index (χ0) is 22.9. The van der Waals surface area contributed by atoms with Gasteiger partial charge in [0.25, 0.3) is 0 Å². The first kappa shape index (κ1) is 23.5. The van der Waals surface area contributed by atoms with Crippen LogP contribution in [0.1, 0.15) is 51.0 Å². The number of halogens is 4. The Morgan fingerprint density at radius 2 is 1.78 bits per heavy atom. The summed E-state index contributed by atoms with van der Waals surface area (Å²) in [7, 11) is 0. The number of benzene rings is 1. The van der Waals surface area contributed by atoms with Crippen LogP contribution in [0.3, 0.4) is 0 Å². The van der Waals surface area contributed by atoms with E-state index in [9.17, 15) is 18.0 Å². The summed E-state index contributed by atoms with van der Waals surface area (Å²) in [5.41, 5.74) is 2.45. The van der Waals surface area contributed by atoms with E-state index in [1.54, 1.807) is 0 Å². The smallest absolute Gasteiger partial charge is 0.425 e. The fourth-order valence-electron chi connectivity index (χ4n) is 5.33. The molecule has 1 aromatic rings. The number of rotatable bonds is 4. The van der Waals surface area contributed by atoms with Crippen molar-refractivity contribution >= 4 is 23.4 Å². The van der Waals surface area contributed by atoms with Gasteiger partial charge in [0, 0.05) is 49.0 Å². The van der Waals surface area contributed by atoms with Crippen LogP contribution in [0.5, 0.6) is 0 Å². The molecule has 3 fully saturated rings. The molecule has 1 unspecified atom stereocenters. The second-order valence-electron chi connectivity index (χ2n) is 9.27. The Morgan fingerprint density at radius 1 is 1.09 bits per heavy atom. The summed E-state index contributed by atoms with van der Waals surface area (Å²) < 4.78 is 42.8. The topological polar surface area (TPSA) is 36.0 Å². The van der Waals surface area contributed by atoms with Crippen LogP contribution in [0.25, 0.3) is 0 Å². The minimum absolute atomic E-state index is 0.0195. The van der Waals surface area contributed by atoms with Crippen molar-refractivity contribution in [2.75, 3.05) is 37.6 Å². The van der Waals surface area contributed by atoms with Crippen LogP contribution in [0.15, 0.2) is 18.2 Å². The molecule has 0 aliphatic carbocycles. The van der Waals surface area contributed by atoms with Crippen molar-refractivity contribution < 1.29 is 22.7 Å². The lowest BCUT2D eigenvalue weighted by Crippen LogP contribution is -2.53. The number of ether oxygens (including phenoxy) is 1. The van der Waals surface area contributed by atoms with E-state index in [0.29, 0.717) is 13.1 Å². The SMILES string of the molecule is CC(OC(=O)N1CCC2(CCCN2Cc2ccc(Cl)cc2N2CCCC2)CC1)C(F)(F)F. The molecule has 3 aliphatic heterocycles. The highest BCUT2D eigenvalue weighted by atomic mass is 35.5. The summed E-state index contributed by atoms with van der Waals surface area (Å²) in [6.07, 6.45) is -1.50. The monoisotopic (exact) mass is 473 g/mol. The first-order valence-corrected chi connectivity index (χ1v) is 11.9. The molecule has 0 radical (unpaired) electrons. The molecule has 5 nitrogen and oxygen atoms in total. The lowest BCUT2D eigenvalue weighted by atomic mass is 9.84. The van der Waals surface area contributed by atoms with Gasteiger partial charge in [0.1, 0.15) is 0 Å². The zero-order valence-electron chi connectivity index (χ0n) is 18.5. The molecule has 9 heteroatoms. The summed E-state index contributed by atoms with van der Waals surface area (Å²) in [4.78, 5) is 18.6. The Morgan fingerprint density at radius 3 is 2.44 bits per heavy atom. The van der Waals surface area contributed by atoms with Crippen molar-refractivity contribution in [3.05, 3.63) is 28.8 Å². The van der Waals surface area contributed by atoms with E-state index in [1.807, 2.05) is 6.07 Å². The number of amides is 1. The fourth-order valence-corrected chi connectivity index (χ4v) is 5.50. The van der Waals surface area contributed by atoms with Crippen LogP contribution in [0, 0.1) is 0 Å². The third-order valence-corrected chi connectivity index (χ3v) is 7.52. The average Bonchev–Trinajstić information content (AvgIpc) is 3.40. The first-order chi connectivity index (χ1) is 15.2. The molecule has 1 atom stereocenters. The molecular weight excluding hydrogens is 443 g/mol. The maximum absolute atomic E-state index is 12.7. The van der Waals surface area contributed by atoms with Gasteiger partial charge in [0.05, 0.1) is 0 Å². The van der Waals surface area contributed by atoms with Gasteiger partial charge >= 0.3 is 12.3 Å². The third kappa shape index (κ3) is 4.96.